The largest absolute Gasteiger partial charge is 0.343 e. The van der Waals surface area contributed by atoms with Crippen molar-refractivity contribution < 1.29 is 4.79 Å². The Kier molecular flexibility index (Phi) is 2.65. The molecule has 1 heterocycles. The molecule has 90 valence electrons. The average Bonchev–Trinajstić information content (AvgIpc) is 2.55. The van der Waals surface area contributed by atoms with Crippen LogP contribution < -0.4 is 5.32 Å². The van der Waals surface area contributed by atoms with Gasteiger partial charge in [0, 0.05) is 10.9 Å². The lowest BCUT2D eigenvalue weighted by atomic mass is 10.1. The summed E-state index contributed by atoms with van der Waals surface area (Å²) < 4.78 is 1.43. The highest BCUT2D eigenvalue weighted by Crippen LogP contribution is 2.17. The minimum absolute atomic E-state index is 0.193. The van der Waals surface area contributed by atoms with Gasteiger partial charge in [-0.25, -0.2) is 4.79 Å². The molecule has 0 spiro atoms. The number of hydrogen-bond acceptors (Lipinski definition) is 2. The van der Waals surface area contributed by atoms with Gasteiger partial charge in [-0.15, -0.1) is 0 Å². The summed E-state index contributed by atoms with van der Waals surface area (Å²) in [5.74, 6) is 0. The number of aryl methyl sites for hydroxylation is 1. The fourth-order valence-corrected chi connectivity index (χ4v) is 1.75. The van der Waals surface area contributed by atoms with Crippen molar-refractivity contribution >= 4 is 16.9 Å². The summed E-state index contributed by atoms with van der Waals surface area (Å²) in [6.07, 6.45) is 0. The second-order valence-corrected chi connectivity index (χ2v) is 5.19. The maximum atomic E-state index is 12.1. The lowest BCUT2D eigenvalue weighted by Crippen LogP contribution is -2.43. The van der Waals surface area contributed by atoms with Crippen molar-refractivity contribution in [3.63, 3.8) is 0 Å². The van der Waals surface area contributed by atoms with Crippen molar-refractivity contribution in [2.24, 2.45) is 0 Å². The Hall–Kier alpha value is -1.84. The second-order valence-electron chi connectivity index (χ2n) is 5.19. The Morgan fingerprint density at radius 3 is 2.59 bits per heavy atom. The molecular formula is C13H17N3O. The van der Waals surface area contributed by atoms with Crippen LogP contribution in [0, 0.1) is 6.92 Å². The Morgan fingerprint density at radius 2 is 1.94 bits per heavy atom. The molecule has 1 amide bonds. The molecule has 0 radical (unpaired) electrons. The van der Waals surface area contributed by atoms with Crippen LogP contribution in [0.25, 0.3) is 10.9 Å². The van der Waals surface area contributed by atoms with Crippen molar-refractivity contribution in [1.29, 1.82) is 0 Å². The van der Waals surface area contributed by atoms with E-state index in [2.05, 4.69) is 10.4 Å². The number of aromatic nitrogens is 2. The lowest BCUT2D eigenvalue weighted by Gasteiger charge is -2.20. The zero-order valence-corrected chi connectivity index (χ0v) is 10.6. The van der Waals surface area contributed by atoms with E-state index in [1.807, 2.05) is 52.0 Å². The van der Waals surface area contributed by atoms with Gasteiger partial charge in [-0.2, -0.15) is 9.78 Å². The van der Waals surface area contributed by atoms with Crippen molar-refractivity contribution in [2.75, 3.05) is 0 Å². The predicted octanol–water partition coefficient (Wildman–Crippen LogP) is 2.70. The smallest absolute Gasteiger partial charge is 0.332 e. The van der Waals surface area contributed by atoms with Crippen molar-refractivity contribution in [2.45, 2.75) is 33.2 Å². The number of fused-ring (bicyclic) bond motifs is 1. The Labute approximate surface area is 101 Å². The summed E-state index contributed by atoms with van der Waals surface area (Å²) >= 11 is 0. The van der Waals surface area contributed by atoms with E-state index in [1.165, 1.54) is 4.68 Å². The Morgan fingerprint density at radius 1 is 1.29 bits per heavy atom. The third-order valence-corrected chi connectivity index (χ3v) is 2.45. The van der Waals surface area contributed by atoms with Crippen LogP contribution in [0.2, 0.25) is 0 Å². The van der Waals surface area contributed by atoms with Gasteiger partial charge in [0.25, 0.3) is 0 Å². The van der Waals surface area contributed by atoms with E-state index in [0.29, 0.717) is 0 Å². The molecule has 4 nitrogen and oxygen atoms in total. The number of carbonyl (C=O) groups is 1. The van der Waals surface area contributed by atoms with E-state index in [1.54, 1.807) is 0 Å². The summed E-state index contributed by atoms with van der Waals surface area (Å²) in [6, 6.07) is 7.53. The molecule has 0 unspecified atom stereocenters. The first kappa shape index (κ1) is 11.6. The molecule has 0 bridgehead atoms. The fraction of sp³-hybridized carbons (Fsp3) is 0.385. The first-order valence-corrected chi connectivity index (χ1v) is 5.65. The van der Waals surface area contributed by atoms with E-state index in [9.17, 15) is 4.79 Å². The zero-order chi connectivity index (χ0) is 12.6. The number of para-hydroxylation sites is 1. The van der Waals surface area contributed by atoms with Gasteiger partial charge in [0.2, 0.25) is 0 Å². The molecule has 1 N–H and O–H groups in total. The highest BCUT2D eigenvalue weighted by molar-refractivity contribution is 5.91. The van der Waals surface area contributed by atoms with Crippen LogP contribution >= 0.6 is 0 Å². The lowest BCUT2D eigenvalue weighted by molar-refractivity contribution is 0.231. The maximum Gasteiger partial charge on any atom is 0.343 e. The van der Waals surface area contributed by atoms with Crippen LogP contribution in [0.5, 0.6) is 0 Å². The van der Waals surface area contributed by atoms with Crippen LogP contribution in [0.15, 0.2) is 24.3 Å². The molecule has 4 heteroatoms. The molecule has 0 saturated heterocycles. The third kappa shape index (κ3) is 2.30. The number of carbonyl (C=O) groups excluding carboxylic acids is 1. The summed E-state index contributed by atoms with van der Waals surface area (Å²) in [5, 5.41) is 8.19. The van der Waals surface area contributed by atoms with Crippen LogP contribution in [-0.2, 0) is 0 Å². The molecule has 1 aromatic carbocycles. The average molecular weight is 231 g/mol. The SMILES string of the molecule is Cc1nn(C(=O)NC(C)(C)C)c2ccccc12. The molecule has 0 aliphatic rings. The highest BCUT2D eigenvalue weighted by Gasteiger charge is 2.18. The molecule has 2 aromatic rings. The molecule has 0 aliphatic heterocycles. The normalized spacial score (nSPS) is 11.8. The van der Waals surface area contributed by atoms with E-state index < -0.39 is 0 Å². The molecule has 2 rings (SSSR count). The van der Waals surface area contributed by atoms with Crippen molar-refractivity contribution in [1.82, 2.24) is 15.1 Å². The van der Waals surface area contributed by atoms with Gasteiger partial charge in [0.1, 0.15) is 0 Å². The fourth-order valence-electron chi connectivity index (χ4n) is 1.75. The van der Waals surface area contributed by atoms with Gasteiger partial charge in [0.15, 0.2) is 0 Å². The zero-order valence-electron chi connectivity index (χ0n) is 10.6. The van der Waals surface area contributed by atoms with E-state index in [-0.39, 0.29) is 11.6 Å². The molecular weight excluding hydrogens is 214 g/mol. The molecule has 1 aromatic heterocycles. The Bertz CT molecular complexity index is 564. The first-order chi connectivity index (χ1) is 7.88. The minimum Gasteiger partial charge on any atom is -0.332 e. The predicted molar refractivity (Wildman–Crippen MR) is 68.2 cm³/mol. The Balaban J connectivity index is 2.46. The minimum atomic E-state index is -0.266. The number of hydrogen-bond donors (Lipinski definition) is 1. The van der Waals surface area contributed by atoms with E-state index in [4.69, 9.17) is 0 Å². The second kappa shape index (κ2) is 3.87. The van der Waals surface area contributed by atoms with Crippen LogP contribution in [0.1, 0.15) is 26.5 Å². The van der Waals surface area contributed by atoms with Gasteiger partial charge in [-0.05, 0) is 33.8 Å². The topological polar surface area (TPSA) is 46.9 Å². The summed E-state index contributed by atoms with van der Waals surface area (Å²) in [4.78, 5) is 12.1. The van der Waals surface area contributed by atoms with Crippen LogP contribution in [-0.4, -0.2) is 21.4 Å². The monoisotopic (exact) mass is 231 g/mol. The quantitative estimate of drug-likeness (QED) is 0.757. The van der Waals surface area contributed by atoms with Gasteiger partial charge >= 0.3 is 6.03 Å². The number of rotatable bonds is 0. The third-order valence-electron chi connectivity index (χ3n) is 2.45. The summed E-state index contributed by atoms with van der Waals surface area (Å²) in [7, 11) is 0. The maximum absolute atomic E-state index is 12.1. The van der Waals surface area contributed by atoms with Gasteiger partial charge in [-0.1, -0.05) is 18.2 Å². The van der Waals surface area contributed by atoms with Gasteiger partial charge < -0.3 is 5.32 Å². The standard InChI is InChI=1S/C13H17N3O/c1-9-10-7-5-6-8-11(10)16(15-9)12(17)14-13(2,3)4/h5-8H,1-4H3,(H,14,17). The number of amides is 1. The first-order valence-electron chi connectivity index (χ1n) is 5.65. The van der Waals surface area contributed by atoms with Crippen LogP contribution in [0.4, 0.5) is 4.79 Å². The molecule has 0 fully saturated rings. The molecule has 0 aliphatic carbocycles. The number of nitrogens with one attached hydrogen (secondary N) is 1. The molecule has 17 heavy (non-hydrogen) atoms. The van der Waals surface area contributed by atoms with Gasteiger partial charge in [-0.3, -0.25) is 0 Å². The van der Waals surface area contributed by atoms with Crippen LogP contribution in [0.3, 0.4) is 0 Å². The number of benzene rings is 1. The van der Waals surface area contributed by atoms with Crippen molar-refractivity contribution in [3.05, 3.63) is 30.0 Å². The molecule has 0 saturated carbocycles. The van der Waals surface area contributed by atoms with Crippen molar-refractivity contribution in [3.8, 4) is 0 Å². The molecule has 0 atom stereocenters. The highest BCUT2D eigenvalue weighted by atomic mass is 16.2. The van der Waals surface area contributed by atoms with Gasteiger partial charge in [0.05, 0.1) is 11.2 Å². The summed E-state index contributed by atoms with van der Waals surface area (Å²) in [6.45, 7) is 7.75. The van der Waals surface area contributed by atoms with E-state index in [0.717, 1.165) is 16.6 Å². The summed E-state index contributed by atoms with van der Waals surface area (Å²) in [5.41, 5.74) is 1.44. The number of nitrogens with zero attached hydrogens (tertiary/aromatic N) is 2. The van der Waals surface area contributed by atoms with E-state index >= 15 is 0 Å².